The van der Waals surface area contributed by atoms with Crippen LogP contribution in [0.15, 0.2) is 23.3 Å². The molecule has 106 valence electrons. The predicted octanol–water partition coefficient (Wildman–Crippen LogP) is 0.904. The first-order valence-corrected chi connectivity index (χ1v) is 7.56. The largest absolute Gasteiger partial charge is 0.388 e. The van der Waals surface area contributed by atoms with Crippen LogP contribution < -0.4 is 5.32 Å². The van der Waals surface area contributed by atoms with Crippen LogP contribution in [-0.2, 0) is 9.59 Å². The van der Waals surface area contributed by atoms with Crippen molar-refractivity contribution in [3.05, 3.63) is 23.3 Å². The fourth-order valence-corrected chi connectivity index (χ4v) is 4.82. The molecular weight excluding hydrogens is 254 g/mol. The molecule has 4 aliphatic rings. The van der Waals surface area contributed by atoms with Gasteiger partial charge in [-0.05, 0) is 43.7 Å². The number of aliphatic hydroxyl groups is 1. The maximum Gasteiger partial charge on any atom is 0.178 e. The van der Waals surface area contributed by atoms with E-state index >= 15 is 0 Å². The molecule has 1 saturated heterocycles. The molecule has 2 fully saturated rings. The Balaban J connectivity index is 1.98. The molecule has 4 rings (SSSR count). The van der Waals surface area contributed by atoms with Crippen molar-refractivity contribution in [2.45, 2.75) is 44.2 Å². The number of piperidine rings is 1. The topological polar surface area (TPSA) is 66.4 Å². The summed E-state index contributed by atoms with van der Waals surface area (Å²) in [6.45, 7) is 0.708. The average molecular weight is 273 g/mol. The Labute approximate surface area is 117 Å². The lowest BCUT2D eigenvalue weighted by atomic mass is 9.50. The molecule has 0 radical (unpaired) electrons. The first-order chi connectivity index (χ1) is 9.66. The van der Waals surface area contributed by atoms with Gasteiger partial charge in [-0.15, -0.1) is 0 Å². The predicted molar refractivity (Wildman–Crippen MR) is 73.0 cm³/mol. The maximum absolute atomic E-state index is 12.7. The fourth-order valence-electron chi connectivity index (χ4n) is 4.82. The lowest BCUT2D eigenvalue weighted by Gasteiger charge is -2.54. The van der Waals surface area contributed by atoms with E-state index in [2.05, 4.69) is 5.32 Å². The van der Waals surface area contributed by atoms with Gasteiger partial charge in [-0.3, -0.25) is 9.59 Å². The Hall–Kier alpha value is -1.26. The van der Waals surface area contributed by atoms with E-state index in [1.165, 1.54) is 0 Å². The zero-order valence-electron chi connectivity index (χ0n) is 11.4. The van der Waals surface area contributed by atoms with Gasteiger partial charge in [0.1, 0.15) is 5.78 Å². The van der Waals surface area contributed by atoms with Gasteiger partial charge in [0.05, 0.1) is 17.6 Å². The van der Waals surface area contributed by atoms with E-state index in [-0.39, 0.29) is 23.5 Å². The zero-order chi connectivity index (χ0) is 13.9. The molecule has 2 N–H and O–H groups in total. The molecule has 0 aromatic carbocycles. The molecule has 0 aromatic heterocycles. The Bertz CT molecular complexity index is 562. The second kappa shape index (κ2) is 4.12. The molecule has 1 heterocycles. The summed E-state index contributed by atoms with van der Waals surface area (Å²) in [5.74, 6) is 0.379. The van der Waals surface area contributed by atoms with Gasteiger partial charge in [0.2, 0.25) is 0 Å². The van der Waals surface area contributed by atoms with Crippen LogP contribution in [0.3, 0.4) is 0 Å². The molecule has 0 amide bonds. The molecule has 4 atom stereocenters. The number of hydrogen-bond acceptors (Lipinski definition) is 4. The van der Waals surface area contributed by atoms with Crippen LogP contribution in [-0.4, -0.2) is 35.4 Å². The SMILES string of the molecule is O=C1C2=C(C=CCC2O)[C@]23CCN[C@H]1[C@@H]2CCCC3=O. The Kier molecular flexibility index (Phi) is 2.57. The van der Waals surface area contributed by atoms with Crippen molar-refractivity contribution in [3.8, 4) is 0 Å². The number of allylic oxidation sites excluding steroid dienone is 2. The van der Waals surface area contributed by atoms with Gasteiger partial charge >= 0.3 is 0 Å². The van der Waals surface area contributed by atoms with Crippen LogP contribution in [0.4, 0.5) is 0 Å². The van der Waals surface area contributed by atoms with E-state index < -0.39 is 11.5 Å². The van der Waals surface area contributed by atoms with Gasteiger partial charge in [-0.25, -0.2) is 0 Å². The highest BCUT2D eigenvalue weighted by Crippen LogP contribution is 2.55. The highest BCUT2D eigenvalue weighted by atomic mass is 16.3. The van der Waals surface area contributed by atoms with E-state index in [0.29, 0.717) is 25.0 Å². The van der Waals surface area contributed by atoms with E-state index in [0.717, 1.165) is 24.8 Å². The minimum Gasteiger partial charge on any atom is -0.388 e. The maximum atomic E-state index is 12.7. The van der Waals surface area contributed by atoms with Crippen LogP contribution in [0.2, 0.25) is 0 Å². The highest BCUT2D eigenvalue weighted by molar-refractivity contribution is 6.07. The first kappa shape index (κ1) is 12.5. The second-order valence-corrected chi connectivity index (χ2v) is 6.42. The standard InChI is InChI=1S/C16H19NO3/c18-11-5-1-3-9-13(11)15(20)14-10-4-2-6-12(19)16(9,10)7-8-17-14/h1,3,10-11,14,17-18H,2,4-8H2/t10-,11?,14-,16+/m0/s1. The van der Waals surface area contributed by atoms with Gasteiger partial charge in [-0.2, -0.15) is 0 Å². The third-order valence-electron chi connectivity index (χ3n) is 5.63. The number of Topliss-reactive ketones (excluding diaryl/α,β-unsaturated/α-hetero) is 2. The Morgan fingerprint density at radius 2 is 2.20 bits per heavy atom. The molecule has 0 aromatic rings. The van der Waals surface area contributed by atoms with Crippen LogP contribution in [0.5, 0.6) is 0 Å². The summed E-state index contributed by atoms with van der Waals surface area (Å²) in [5.41, 5.74) is 0.847. The summed E-state index contributed by atoms with van der Waals surface area (Å²) in [6, 6.07) is -0.270. The van der Waals surface area contributed by atoms with Crippen LogP contribution in [0.1, 0.15) is 32.1 Å². The van der Waals surface area contributed by atoms with Crippen molar-refractivity contribution in [1.82, 2.24) is 5.32 Å². The van der Waals surface area contributed by atoms with Gasteiger partial charge < -0.3 is 10.4 Å². The van der Waals surface area contributed by atoms with Gasteiger partial charge in [0.25, 0.3) is 0 Å². The minimum absolute atomic E-state index is 0.0203. The van der Waals surface area contributed by atoms with Crippen LogP contribution in [0, 0.1) is 11.3 Å². The fraction of sp³-hybridized carbons (Fsp3) is 0.625. The molecule has 0 spiro atoms. The Morgan fingerprint density at radius 1 is 1.35 bits per heavy atom. The van der Waals surface area contributed by atoms with E-state index in [1.54, 1.807) is 0 Å². The third kappa shape index (κ3) is 1.33. The van der Waals surface area contributed by atoms with Gasteiger partial charge in [0, 0.05) is 12.0 Å². The van der Waals surface area contributed by atoms with Crippen molar-refractivity contribution in [3.63, 3.8) is 0 Å². The van der Waals surface area contributed by atoms with E-state index in [9.17, 15) is 14.7 Å². The normalized spacial score (nSPS) is 43.4. The molecule has 20 heavy (non-hydrogen) atoms. The monoisotopic (exact) mass is 273 g/mol. The second-order valence-electron chi connectivity index (χ2n) is 6.42. The summed E-state index contributed by atoms with van der Waals surface area (Å²) in [7, 11) is 0. The molecule has 4 nitrogen and oxygen atoms in total. The van der Waals surface area contributed by atoms with Crippen molar-refractivity contribution in [2.75, 3.05) is 6.54 Å². The summed E-state index contributed by atoms with van der Waals surface area (Å²) < 4.78 is 0. The zero-order valence-corrected chi connectivity index (χ0v) is 11.4. The summed E-state index contributed by atoms with van der Waals surface area (Å²) in [4.78, 5) is 25.5. The smallest absolute Gasteiger partial charge is 0.178 e. The molecule has 1 aliphatic heterocycles. The lowest BCUT2D eigenvalue weighted by Crippen LogP contribution is -2.64. The molecule has 3 aliphatic carbocycles. The first-order valence-electron chi connectivity index (χ1n) is 7.56. The molecule has 2 bridgehead atoms. The van der Waals surface area contributed by atoms with Crippen LogP contribution in [0.25, 0.3) is 0 Å². The molecular formula is C16H19NO3. The highest BCUT2D eigenvalue weighted by Gasteiger charge is 2.60. The van der Waals surface area contributed by atoms with Gasteiger partial charge in [0.15, 0.2) is 5.78 Å². The Morgan fingerprint density at radius 3 is 3.05 bits per heavy atom. The summed E-state index contributed by atoms with van der Waals surface area (Å²) in [6.07, 6.45) is 6.77. The quantitative estimate of drug-likeness (QED) is 0.688. The van der Waals surface area contributed by atoms with Crippen molar-refractivity contribution >= 4 is 11.6 Å². The lowest BCUT2D eigenvalue weighted by molar-refractivity contribution is -0.140. The van der Waals surface area contributed by atoms with Crippen molar-refractivity contribution in [1.29, 1.82) is 0 Å². The van der Waals surface area contributed by atoms with Crippen LogP contribution >= 0.6 is 0 Å². The molecule has 4 heteroatoms. The third-order valence-corrected chi connectivity index (χ3v) is 5.63. The number of ketones is 2. The number of carbonyl (C=O) groups is 2. The van der Waals surface area contributed by atoms with Gasteiger partial charge in [-0.1, -0.05) is 12.2 Å². The number of rotatable bonds is 0. The van der Waals surface area contributed by atoms with Crippen molar-refractivity contribution in [2.24, 2.45) is 11.3 Å². The number of hydrogen-bond donors (Lipinski definition) is 2. The van der Waals surface area contributed by atoms with Crippen molar-refractivity contribution < 1.29 is 14.7 Å². The van der Waals surface area contributed by atoms with E-state index in [4.69, 9.17) is 0 Å². The number of nitrogens with one attached hydrogen (secondary N) is 1. The molecule has 1 unspecified atom stereocenters. The number of carbonyl (C=O) groups excluding carboxylic acids is 2. The summed E-state index contributed by atoms with van der Waals surface area (Å²) >= 11 is 0. The average Bonchev–Trinajstić information content (AvgIpc) is 2.45. The minimum atomic E-state index is -0.738. The molecule has 1 saturated carbocycles. The number of aliphatic hydroxyl groups excluding tert-OH is 1. The van der Waals surface area contributed by atoms with E-state index in [1.807, 2.05) is 12.2 Å². The summed E-state index contributed by atoms with van der Waals surface area (Å²) in [5, 5.41) is 13.5.